The van der Waals surface area contributed by atoms with Crippen LogP contribution in [0.4, 0.5) is 5.69 Å². The number of para-hydroxylation sites is 2. The van der Waals surface area contributed by atoms with E-state index in [4.69, 9.17) is 4.74 Å². The quantitative estimate of drug-likeness (QED) is 0.823. The highest BCUT2D eigenvalue weighted by molar-refractivity contribution is 5.93. The van der Waals surface area contributed by atoms with Gasteiger partial charge in [0, 0.05) is 12.6 Å². The summed E-state index contributed by atoms with van der Waals surface area (Å²) in [6.07, 6.45) is 1.10. The Morgan fingerprint density at radius 1 is 1.50 bits per heavy atom. The molecular formula is C15H23N3O2. The summed E-state index contributed by atoms with van der Waals surface area (Å²) in [5.74, 6) is 0.708. The molecule has 0 radical (unpaired) electrons. The van der Waals surface area contributed by atoms with Gasteiger partial charge in [0.25, 0.3) is 0 Å². The average Bonchev–Trinajstić information content (AvgIpc) is 2.95. The van der Waals surface area contributed by atoms with E-state index in [1.54, 1.807) is 0 Å². The molecule has 0 saturated carbocycles. The Labute approximate surface area is 120 Å². The maximum absolute atomic E-state index is 12.1. The molecule has 1 heterocycles. The number of hydrogen-bond acceptors (Lipinski definition) is 4. The van der Waals surface area contributed by atoms with Crippen LogP contribution >= 0.6 is 0 Å². The Hall–Kier alpha value is -1.59. The smallest absolute Gasteiger partial charge is 0.238 e. The zero-order chi connectivity index (χ0) is 14.4. The van der Waals surface area contributed by atoms with Gasteiger partial charge in [-0.15, -0.1) is 0 Å². The summed E-state index contributed by atoms with van der Waals surface area (Å²) in [7, 11) is 1.99. The van der Waals surface area contributed by atoms with Gasteiger partial charge in [-0.3, -0.25) is 9.69 Å². The van der Waals surface area contributed by atoms with E-state index in [1.165, 1.54) is 0 Å². The molecule has 0 aromatic heterocycles. The van der Waals surface area contributed by atoms with Gasteiger partial charge >= 0.3 is 0 Å². The molecule has 1 aliphatic rings. The standard InChI is InChI=1S/C15H23N3O2/c1-3-20-14-7-5-4-6-13(14)17-15(19)11-18(2)12-8-9-16-10-12/h4-7,12,16H,3,8-11H2,1-2H3,(H,17,19). The van der Waals surface area contributed by atoms with Crippen LogP contribution in [-0.2, 0) is 4.79 Å². The van der Waals surface area contributed by atoms with Gasteiger partial charge in [-0.25, -0.2) is 0 Å². The Kier molecular flexibility index (Phi) is 5.38. The molecule has 1 aromatic rings. The van der Waals surface area contributed by atoms with Crippen molar-refractivity contribution in [1.29, 1.82) is 0 Å². The predicted molar refractivity (Wildman–Crippen MR) is 80.1 cm³/mol. The molecule has 5 heteroatoms. The van der Waals surface area contributed by atoms with E-state index in [1.807, 2.05) is 38.2 Å². The van der Waals surface area contributed by atoms with Crippen molar-refractivity contribution < 1.29 is 9.53 Å². The minimum atomic E-state index is -0.00782. The van der Waals surface area contributed by atoms with E-state index < -0.39 is 0 Å². The number of carbonyl (C=O) groups excluding carboxylic acids is 1. The van der Waals surface area contributed by atoms with Crippen LogP contribution in [0, 0.1) is 0 Å². The highest BCUT2D eigenvalue weighted by Gasteiger charge is 2.21. The summed E-state index contributed by atoms with van der Waals surface area (Å²) >= 11 is 0. The number of benzene rings is 1. The zero-order valence-corrected chi connectivity index (χ0v) is 12.2. The molecule has 1 aliphatic heterocycles. The second-order valence-electron chi connectivity index (χ2n) is 5.04. The number of nitrogens with one attached hydrogen (secondary N) is 2. The molecule has 0 spiro atoms. The van der Waals surface area contributed by atoms with Crippen LogP contribution in [0.5, 0.6) is 5.75 Å². The van der Waals surface area contributed by atoms with Crippen LogP contribution < -0.4 is 15.4 Å². The minimum absolute atomic E-state index is 0.00782. The van der Waals surface area contributed by atoms with E-state index in [2.05, 4.69) is 15.5 Å². The number of amides is 1. The Morgan fingerprint density at radius 3 is 3.00 bits per heavy atom. The number of ether oxygens (including phenoxy) is 1. The number of anilines is 1. The fourth-order valence-corrected chi connectivity index (χ4v) is 2.41. The highest BCUT2D eigenvalue weighted by Crippen LogP contribution is 2.23. The summed E-state index contributed by atoms with van der Waals surface area (Å²) in [6.45, 7) is 4.90. The van der Waals surface area contributed by atoms with E-state index in [0.29, 0.717) is 24.9 Å². The second kappa shape index (κ2) is 7.26. The Bertz CT molecular complexity index is 444. The van der Waals surface area contributed by atoms with E-state index in [-0.39, 0.29) is 5.91 Å². The van der Waals surface area contributed by atoms with Crippen molar-refractivity contribution in [2.24, 2.45) is 0 Å². The van der Waals surface area contributed by atoms with Crippen LogP contribution in [0.2, 0.25) is 0 Å². The van der Waals surface area contributed by atoms with E-state index >= 15 is 0 Å². The first-order valence-corrected chi connectivity index (χ1v) is 7.13. The molecule has 2 N–H and O–H groups in total. The first-order valence-electron chi connectivity index (χ1n) is 7.13. The number of likely N-dealkylation sites (N-methyl/N-ethyl adjacent to an activating group) is 1. The summed E-state index contributed by atoms with van der Waals surface area (Å²) in [4.78, 5) is 14.2. The van der Waals surface area contributed by atoms with Crippen molar-refractivity contribution in [3.63, 3.8) is 0 Å². The van der Waals surface area contributed by atoms with Crippen molar-refractivity contribution in [3.05, 3.63) is 24.3 Å². The van der Waals surface area contributed by atoms with Gasteiger partial charge in [-0.2, -0.15) is 0 Å². The Balaban J connectivity index is 1.90. The normalized spacial score (nSPS) is 18.2. The third-order valence-corrected chi connectivity index (χ3v) is 3.51. The van der Waals surface area contributed by atoms with Gasteiger partial charge < -0.3 is 15.4 Å². The van der Waals surface area contributed by atoms with E-state index in [9.17, 15) is 4.79 Å². The van der Waals surface area contributed by atoms with Gasteiger partial charge in [0.1, 0.15) is 5.75 Å². The minimum Gasteiger partial charge on any atom is -0.492 e. The third-order valence-electron chi connectivity index (χ3n) is 3.51. The average molecular weight is 277 g/mol. The molecule has 1 saturated heterocycles. The Morgan fingerprint density at radius 2 is 2.30 bits per heavy atom. The van der Waals surface area contributed by atoms with Crippen LogP contribution in [0.25, 0.3) is 0 Å². The maximum Gasteiger partial charge on any atom is 0.238 e. The maximum atomic E-state index is 12.1. The molecule has 5 nitrogen and oxygen atoms in total. The molecule has 1 aromatic carbocycles. The summed E-state index contributed by atoms with van der Waals surface area (Å²) < 4.78 is 5.50. The molecule has 20 heavy (non-hydrogen) atoms. The lowest BCUT2D eigenvalue weighted by atomic mass is 10.2. The summed E-state index contributed by atoms with van der Waals surface area (Å²) in [6, 6.07) is 7.96. The zero-order valence-electron chi connectivity index (χ0n) is 12.2. The molecule has 2 rings (SSSR count). The molecule has 0 aliphatic carbocycles. The second-order valence-corrected chi connectivity index (χ2v) is 5.04. The molecule has 1 amide bonds. The van der Waals surface area contributed by atoms with Gasteiger partial charge in [0.2, 0.25) is 5.91 Å². The first-order chi connectivity index (χ1) is 9.70. The first kappa shape index (κ1) is 14.8. The predicted octanol–water partition coefficient (Wildman–Crippen LogP) is 1.32. The van der Waals surface area contributed by atoms with E-state index in [0.717, 1.165) is 25.2 Å². The third kappa shape index (κ3) is 3.95. The molecule has 1 unspecified atom stereocenters. The fraction of sp³-hybridized carbons (Fsp3) is 0.533. The molecule has 0 bridgehead atoms. The van der Waals surface area contributed by atoms with Gasteiger partial charge in [0.05, 0.1) is 18.8 Å². The molecular weight excluding hydrogens is 254 g/mol. The number of hydrogen-bond donors (Lipinski definition) is 2. The van der Waals surface area contributed by atoms with Crippen LogP contribution in [0.15, 0.2) is 24.3 Å². The molecule has 1 atom stereocenters. The monoisotopic (exact) mass is 277 g/mol. The van der Waals surface area contributed by atoms with Gasteiger partial charge in [-0.1, -0.05) is 12.1 Å². The highest BCUT2D eigenvalue weighted by atomic mass is 16.5. The summed E-state index contributed by atoms with van der Waals surface area (Å²) in [5, 5.41) is 6.23. The lowest BCUT2D eigenvalue weighted by Crippen LogP contribution is -2.39. The van der Waals surface area contributed by atoms with Crippen molar-refractivity contribution >= 4 is 11.6 Å². The number of carbonyl (C=O) groups is 1. The van der Waals surface area contributed by atoms with Crippen molar-refractivity contribution in [3.8, 4) is 5.75 Å². The van der Waals surface area contributed by atoms with Crippen molar-refractivity contribution in [2.75, 3.05) is 38.6 Å². The molecule has 110 valence electrons. The van der Waals surface area contributed by atoms with Gasteiger partial charge in [0.15, 0.2) is 0 Å². The topological polar surface area (TPSA) is 53.6 Å². The van der Waals surface area contributed by atoms with Crippen LogP contribution in [-0.4, -0.2) is 50.1 Å². The van der Waals surface area contributed by atoms with Crippen molar-refractivity contribution in [1.82, 2.24) is 10.2 Å². The van der Waals surface area contributed by atoms with Crippen LogP contribution in [0.3, 0.4) is 0 Å². The van der Waals surface area contributed by atoms with Crippen LogP contribution in [0.1, 0.15) is 13.3 Å². The number of rotatable bonds is 6. The summed E-state index contributed by atoms with van der Waals surface area (Å²) in [5.41, 5.74) is 0.734. The lowest BCUT2D eigenvalue weighted by Gasteiger charge is -2.22. The van der Waals surface area contributed by atoms with Gasteiger partial charge in [-0.05, 0) is 39.1 Å². The van der Waals surface area contributed by atoms with Crippen molar-refractivity contribution in [2.45, 2.75) is 19.4 Å². The number of nitrogens with zero attached hydrogens (tertiary/aromatic N) is 1. The largest absolute Gasteiger partial charge is 0.492 e. The molecule has 1 fully saturated rings. The lowest BCUT2D eigenvalue weighted by molar-refractivity contribution is -0.117. The fourth-order valence-electron chi connectivity index (χ4n) is 2.41. The SMILES string of the molecule is CCOc1ccccc1NC(=O)CN(C)C1CCNC1.